The third kappa shape index (κ3) is 4.45. The molecule has 6 nitrogen and oxygen atoms in total. The van der Waals surface area contributed by atoms with E-state index < -0.39 is 5.97 Å². The number of pyridine rings is 1. The molecule has 6 heteroatoms. The molecule has 5 aromatic rings. The number of carboxylic acid groups (broad SMARTS) is 1. The van der Waals surface area contributed by atoms with Crippen LogP contribution < -0.4 is 5.73 Å². The fraction of sp³-hybridized carbons (Fsp3) is 0.226. The molecule has 186 valence electrons. The van der Waals surface area contributed by atoms with Gasteiger partial charge in [0, 0.05) is 35.3 Å². The lowest BCUT2D eigenvalue weighted by molar-refractivity contribution is -0.136. The second kappa shape index (κ2) is 9.71. The predicted octanol–water partition coefficient (Wildman–Crippen LogP) is 5.81. The average molecular weight is 492 g/mol. The Hall–Kier alpha value is -4.16. The molecule has 0 radical (unpaired) electrons. The molecule has 0 spiro atoms. The van der Waals surface area contributed by atoms with Gasteiger partial charge in [0.05, 0.1) is 19.1 Å². The maximum atomic E-state index is 11.4. The quantitative estimate of drug-likeness (QED) is 0.300. The smallest absolute Gasteiger partial charge is 0.307 e. The SMILES string of the molecule is Nc1nccc2c(-c3ccc4c(c3)c(CCc3ccccc3CC(=O)O)cn4C3CCOC3)cccc12. The zero-order chi connectivity index (χ0) is 25.4. The Kier molecular flexibility index (Phi) is 6.10. The number of nitrogens with two attached hydrogens (primary N) is 1. The molecule has 1 atom stereocenters. The van der Waals surface area contributed by atoms with Crippen LogP contribution in [0.1, 0.15) is 29.2 Å². The van der Waals surface area contributed by atoms with Gasteiger partial charge in [0.25, 0.3) is 0 Å². The molecule has 1 fully saturated rings. The van der Waals surface area contributed by atoms with Gasteiger partial charge in [0.1, 0.15) is 5.82 Å². The molecular weight excluding hydrogens is 462 g/mol. The van der Waals surface area contributed by atoms with Crippen molar-refractivity contribution < 1.29 is 14.6 Å². The highest BCUT2D eigenvalue weighted by Crippen LogP contribution is 2.36. The molecule has 1 unspecified atom stereocenters. The number of benzene rings is 3. The van der Waals surface area contributed by atoms with E-state index in [-0.39, 0.29) is 6.42 Å². The number of nitrogens with zero attached hydrogens (tertiary/aromatic N) is 2. The number of carboxylic acids is 1. The minimum Gasteiger partial charge on any atom is -0.481 e. The van der Waals surface area contributed by atoms with Crippen molar-refractivity contribution in [2.75, 3.05) is 18.9 Å². The molecule has 6 rings (SSSR count). The van der Waals surface area contributed by atoms with Gasteiger partial charge in [-0.1, -0.05) is 48.5 Å². The van der Waals surface area contributed by atoms with Crippen molar-refractivity contribution in [3.8, 4) is 11.1 Å². The minimum atomic E-state index is -0.805. The molecule has 1 aliphatic heterocycles. The van der Waals surface area contributed by atoms with Crippen LogP contribution in [0.4, 0.5) is 5.82 Å². The number of nitrogen functional groups attached to an aromatic ring is 1. The molecule has 0 amide bonds. The fourth-order valence-electron chi connectivity index (χ4n) is 5.62. The minimum absolute atomic E-state index is 0.0422. The molecule has 3 heterocycles. The third-order valence-corrected chi connectivity index (χ3v) is 7.49. The molecule has 0 aliphatic carbocycles. The number of aliphatic carboxylic acids is 1. The van der Waals surface area contributed by atoms with Gasteiger partial charge in [-0.25, -0.2) is 4.98 Å². The molecule has 3 N–H and O–H groups in total. The Labute approximate surface area is 215 Å². The van der Waals surface area contributed by atoms with Crippen LogP contribution in [0, 0.1) is 0 Å². The van der Waals surface area contributed by atoms with Crippen LogP contribution in [0.2, 0.25) is 0 Å². The van der Waals surface area contributed by atoms with E-state index in [1.165, 1.54) is 16.5 Å². The van der Waals surface area contributed by atoms with Crippen LogP contribution in [0.15, 0.2) is 79.1 Å². The van der Waals surface area contributed by atoms with Crippen molar-refractivity contribution in [1.82, 2.24) is 9.55 Å². The highest BCUT2D eigenvalue weighted by molar-refractivity contribution is 6.02. The Morgan fingerprint density at radius 3 is 2.62 bits per heavy atom. The van der Waals surface area contributed by atoms with E-state index in [1.54, 1.807) is 6.20 Å². The van der Waals surface area contributed by atoms with Crippen molar-refractivity contribution in [3.63, 3.8) is 0 Å². The van der Waals surface area contributed by atoms with Crippen LogP contribution in [0.3, 0.4) is 0 Å². The number of hydrogen-bond donors (Lipinski definition) is 2. The number of ether oxygens (including phenoxy) is 1. The summed E-state index contributed by atoms with van der Waals surface area (Å²) in [5, 5.41) is 12.6. The summed E-state index contributed by atoms with van der Waals surface area (Å²) in [5.41, 5.74) is 12.9. The average Bonchev–Trinajstić information content (AvgIpc) is 3.56. The summed E-state index contributed by atoms with van der Waals surface area (Å²) in [4.78, 5) is 15.6. The van der Waals surface area contributed by atoms with Crippen molar-refractivity contribution in [2.24, 2.45) is 0 Å². The van der Waals surface area contributed by atoms with Crippen molar-refractivity contribution in [3.05, 3.63) is 95.8 Å². The van der Waals surface area contributed by atoms with E-state index in [0.717, 1.165) is 65.5 Å². The number of carbonyl (C=O) groups is 1. The molecular formula is C31H29N3O3. The molecule has 1 aliphatic rings. The standard InChI is InChI=1S/C31H29N3O3/c32-31-27-7-3-6-25(26(27)12-14-33-31)22-10-11-29-28(16-22)23(18-34(29)24-13-15-37-19-24)9-8-20-4-1-2-5-21(20)17-30(35)36/h1-7,10-12,14,16,18,24H,8-9,13,15,17,19H2,(H2,32,33)(H,35,36). The zero-order valence-corrected chi connectivity index (χ0v) is 20.6. The Balaban J connectivity index is 1.43. The second-order valence-electron chi connectivity index (χ2n) is 9.75. The van der Waals surface area contributed by atoms with E-state index in [9.17, 15) is 9.90 Å². The lowest BCUT2D eigenvalue weighted by Crippen LogP contribution is -2.07. The van der Waals surface area contributed by atoms with Crippen molar-refractivity contribution in [1.29, 1.82) is 0 Å². The highest BCUT2D eigenvalue weighted by Gasteiger charge is 2.21. The van der Waals surface area contributed by atoms with Gasteiger partial charge in [-0.05, 0) is 70.7 Å². The van der Waals surface area contributed by atoms with E-state index in [1.807, 2.05) is 42.5 Å². The van der Waals surface area contributed by atoms with Crippen LogP contribution in [0.5, 0.6) is 0 Å². The summed E-state index contributed by atoms with van der Waals surface area (Å²) in [5.74, 6) is -0.269. The first-order valence-electron chi connectivity index (χ1n) is 12.7. The summed E-state index contributed by atoms with van der Waals surface area (Å²) < 4.78 is 8.08. The first kappa shape index (κ1) is 23.3. The Bertz CT molecular complexity index is 1620. The number of anilines is 1. The summed E-state index contributed by atoms with van der Waals surface area (Å²) in [6, 6.07) is 23.1. The second-order valence-corrected chi connectivity index (χ2v) is 9.75. The van der Waals surface area contributed by atoms with Crippen LogP contribution in [0.25, 0.3) is 32.8 Å². The van der Waals surface area contributed by atoms with E-state index in [0.29, 0.717) is 11.9 Å². The number of hydrogen-bond acceptors (Lipinski definition) is 4. The topological polar surface area (TPSA) is 90.4 Å². The van der Waals surface area contributed by atoms with Crippen LogP contribution >= 0.6 is 0 Å². The number of rotatable bonds is 7. The number of aromatic nitrogens is 2. The van der Waals surface area contributed by atoms with Crippen LogP contribution in [-0.4, -0.2) is 33.8 Å². The summed E-state index contributed by atoms with van der Waals surface area (Å²) >= 11 is 0. The molecule has 2 aromatic heterocycles. The van der Waals surface area contributed by atoms with Gasteiger partial charge in [0.15, 0.2) is 0 Å². The molecule has 0 bridgehead atoms. The van der Waals surface area contributed by atoms with E-state index in [4.69, 9.17) is 10.5 Å². The molecule has 1 saturated heterocycles. The van der Waals surface area contributed by atoms with Gasteiger partial charge in [-0.2, -0.15) is 0 Å². The van der Waals surface area contributed by atoms with Gasteiger partial charge in [0.2, 0.25) is 0 Å². The summed E-state index contributed by atoms with van der Waals surface area (Å²) in [7, 11) is 0. The molecule has 3 aromatic carbocycles. The first-order chi connectivity index (χ1) is 18.1. The van der Waals surface area contributed by atoms with Gasteiger partial charge < -0.3 is 20.1 Å². The van der Waals surface area contributed by atoms with E-state index in [2.05, 4.69) is 40.0 Å². The lowest BCUT2D eigenvalue weighted by atomic mass is 9.95. The molecule has 37 heavy (non-hydrogen) atoms. The van der Waals surface area contributed by atoms with Gasteiger partial charge >= 0.3 is 5.97 Å². The summed E-state index contributed by atoms with van der Waals surface area (Å²) in [6.45, 7) is 1.51. The first-order valence-corrected chi connectivity index (χ1v) is 12.7. The third-order valence-electron chi connectivity index (χ3n) is 7.49. The van der Waals surface area contributed by atoms with E-state index >= 15 is 0 Å². The Morgan fingerprint density at radius 2 is 1.81 bits per heavy atom. The normalized spacial score (nSPS) is 15.5. The maximum Gasteiger partial charge on any atom is 0.307 e. The monoisotopic (exact) mass is 491 g/mol. The number of fused-ring (bicyclic) bond motifs is 2. The van der Waals surface area contributed by atoms with Gasteiger partial charge in [-0.15, -0.1) is 0 Å². The Morgan fingerprint density at radius 1 is 0.973 bits per heavy atom. The highest BCUT2D eigenvalue weighted by atomic mass is 16.5. The van der Waals surface area contributed by atoms with Gasteiger partial charge in [-0.3, -0.25) is 4.79 Å². The maximum absolute atomic E-state index is 11.4. The predicted molar refractivity (Wildman–Crippen MR) is 147 cm³/mol. The lowest BCUT2D eigenvalue weighted by Gasteiger charge is -2.13. The molecule has 0 saturated carbocycles. The largest absolute Gasteiger partial charge is 0.481 e. The van der Waals surface area contributed by atoms with Crippen LogP contribution in [-0.2, 0) is 28.8 Å². The summed E-state index contributed by atoms with van der Waals surface area (Å²) in [6.07, 6.45) is 6.69. The zero-order valence-electron chi connectivity index (χ0n) is 20.6. The number of aryl methyl sites for hydroxylation is 2. The van der Waals surface area contributed by atoms with Crippen molar-refractivity contribution in [2.45, 2.75) is 31.7 Å². The van der Waals surface area contributed by atoms with Crippen molar-refractivity contribution >= 4 is 33.5 Å². The fourth-order valence-corrected chi connectivity index (χ4v) is 5.62.